The first-order valence-corrected chi connectivity index (χ1v) is 10.6. The van der Waals surface area contributed by atoms with Gasteiger partial charge in [-0.15, -0.1) is 0 Å². The Balaban J connectivity index is 2.17. The van der Waals surface area contributed by atoms with E-state index < -0.39 is 16.1 Å². The average molecular weight is 388 g/mol. The number of hydrogen-bond donors (Lipinski definition) is 0. The van der Waals surface area contributed by atoms with Crippen LogP contribution in [0.5, 0.6) is 0 Å². The Kier molecular flexibility index (Phi) is 5.99. The predicted octanol–water partition coefficient (Wildman–Crippen LogP) is 4.07. The molecule has 0 saturated carbocycles. The maximum absolute atomic E-state index is 13.1. The van der Waals surface area contributed by atoms with Gasteiger partial charge in [-0.3, -0.25) is 0 Å². The van der Waals surface area contributed by atoms with Crippen molar-refractivity contribution < 1.29 is 17.9 Å². The summed E-state index contributed by atoms with van der Waals surface area (Å²) in [6.45, 7) is 6.93. The highest BCUT2D eigenvalue weighted by Gasteiger charge is 2.35. The molecular formula is C21H25NO4S. The van der Waals surface area contributed by atoms with Crippen molar-refractivity contribution in [3.8, 4) is 0 Å². The third-order valence-corrected chi connectivity index (χ3v) is 6.46. The molecule has 3 rings (SSSR count). The van der Waals surface area contributed by atoms with Gasteiger partial charge in [0, 0.05) is 13.2 Å². The van der Waals surface area contributed by atoms with Crippen LogP contribution in [0.3, 0.4) is 0 Å². The fourth-order valence-corrected chi connectivity index (χ4v) is 4.85. The van der Waals surface area contributed by atoms with E-state index in [2.05, 4.69) is 0 Å². The smallest absolute Gasteiger partial charge is 0.206 e. The molecule has 5 nitrogen and oxygen atoms in total. The summed E-state index contributed by atoms with van der Waals surface area (Å²) in [5.74, 6) is 0. The first-order chi connectivity index (χ1) is 13.0. The molecule has 144 valence electrons. The Bertz CT molecular complexity index is 916. The lowest BCUT2D eigenvalue weighted by Gasteiger charge is -2.36. The summed E-state index contributed by atoms with van der Waals surface area (Å²) in [5.41, 5.74) is 2.16. The number of hydrogen-bond acceptors (Lipinski definition) is 5. The summed E-state index contributed by atoms with van der Waals surface area (Å²) in [7, 11) is -3.56. The number of fused-ring (bicyclic) bond motifs is 1. The Morgan fingerprint density at radius 2 is 1.52 bits per heavy atom. The largest absolute Gasteiger partial charge is 0.351 e. The van der Waals surface area contributed by atoms with Gasteiger partial charge >= 0.3 is 0 Å². The minimum atomic E-state index is -3.56. The van der Waals surface area contributed by atoms with E-state index in [1.54, 1.807) is 19.1 Å². The summed E-state index contributed by atoms with van der Waals surface area (Å²) in [6, 6.07) is 16.7. The molecule has 0 aliphatic carbocycles. The maximum Gasteiger partial charge on any atom is 0.206 e. The van der Waals surface area contributed by atoms with E-state index in [1.165, 1.54) is 0 Å². The van der Waals surface area contributed by atoms with Crippen LogP contribution in [0.4, 0.5) is 5.69 Å². The van der Waals surface area contributed by atoms with Crippen molar-refractivity contribution >= 4 is 21.2 Å². The molecule has 1 aliphatic heterocycles. The number of rotatable bonds is 7. The minimum Gasteiger partial charge on any atom is -0.351 e. The van der Waals surface area contributed by atoms with E-state index in [0.29, 0.717) is 40.9 Å². The lowest BCUT2D eigenvalue weighted by atomic mass is 10.1. The molecule has 0 radical (unpaired) electrons. The second-order valence-electron chi connectivity index (χ2n) is 6.19. The third-order valence-electron chi connectivity index (χ3n) is 4.54. The number of para-hydroxylation sites is 1. The van der Waals surface area contributed by atoms with Gasteiger partial charge in [0.05, 0.1) is 27.7 Å². The van der Waals surface area contributed by atoms with Crippen LogP contribution in [0.25, 0.3) is 5.70 Å². The summed E-state index contributed by atoms with van der Waals surface area (Å²) >= 11 is 0. The van der Waals surface area contributed by atoms with Crippen molar-refractivity contribution in [2.75, 3.05) is 24.7 Å². The third kappa shape index (κ3) is 3.78. The summed E-state index contributed by atoms with van der Waals surface area (Å²) in [6.07, 6.45) is -0.458. The lowest BCUT2D eigenvalue weighted by Crippen LogP contribution is -2.38. The summed E-state index contributed by atoms with van der Waals surface area (Å²) in [5, 5.41) is 0. The quantitative estimate of drug-likeness (QED) is 0.671. The number of ether oxygens (including phenoxy) is 2. The van der Waals surface area contributed by atoms with E-state index in [-0.39, 0.29) is 0 Å². The van der Waals surface area contributed by atoms with Crippen molar-refractivity contribution in [2.24, 2.45) is 0 Å². The van der Waals surface area contributed by atoms with E-state index in [9.17, 15) is 8.42 Å². The molecule has 0 unspecified atom stereocenters. The second kappa shape index (κ2) is 8.25. The van der Waals surface area contributed by atoms with Gasteiger partial charge in [-0.05, 0) is 38.5 Å². The molecule has 0 bridgehead atoms. The zero-order valence-electron chi connectivity index (χ0n) is 15.9. The number of anilines is 1. The fourth-order valence-electron chi connectivity index (χ4n) is 3.33. The number of sulfone groups is 1. The van der Waals surface area contributed by atoms with Crippen LogP contribution in [-0.2, 0) is 19.3 Å². The summed E-state index contributed by atoms with van der Waals surface area (Å²) in [4.78, 5) is 2.64. The maximum atomic E-state index is 13.1. The monoisotopic (exact) mass is 387 g/mol. The normalized spacial score (nSPS) is 15.9. The van der Waals surface area contributed by atoms with Crippen LogP contribution in [0.2, 0.25) is 0 Å². The second-order valence-corrected chi connectivity index (χ2v) is 8.25. The van der Waals surface area contributed by atoms with Gasteiger partial charge < -0.3 is 14.4 Å². The SMILES string of the molecule is CCOC(CN1C(c2ccccc2)=C(C)S(=O)(=O)c2ccccc21)OCC. The van der Waals surface area contributed by atoms with E-state index in [1.807, 2.05) is 61.2 Å². The van der Waals surface area contributed by atoms with Crippen LogP contribution >= 0.6 is 0 Å². The standard InChI is InChI=1S/C21H25NO4S/c1-4-25-20(26-5-2)15-22-18-13-9-10-14-19(18)27(23,24)16(3)21(22)17-11-7-6-8-12-17/h6-14,20H,4-5,15H2,1-3H3. The minimum absolute atomic E-state index is 0.314. The topological polar surface area (TPSA) is 55.8 Å². The highest BCUT2D eigenvalue weighted by atomic mass is 32.2. The molecule has 1 heterocycles. The van der Waals surface area contributed by atoms with Crippen LogP contribution in [-0.4, -0.2) is 34.5 Å². The molecule has 27 heavy (non-hydrogen) atoms. The molecule has 2 aromatic rings. The molecular weight excluding hydrogens is 362 g/mol. The van der Waals surface area contributed by atoms with Crippen molar-refractivity contribution in [1.29, 1.82) is 0 Å². The van der Waals surface area contributed by atoms with Gasteiger partial charge in [0.25, 0.3) is 0 Å². The molecule has 0 atom stereocenters. The molecule has 0 saturated heterocycles. The summed E-state index contributed by atoms with van der Waals surface area (Å²) < 4.78 is 37.7. The van der Waals surface area contributed by atoms with E-state index in [0.717, 1.165) is 5.56 Å². The molecule has 0 amide bonds. The molecule has 1 aliphatic rings. The highest BCUT2D eigenvalue weighted by molar-refractivity contribution is 7.95. The van der Waals surface area contributed by atoms with Gasteiger partial charge in [0.2, 0.25) is 9.84 Å². The van der Waals surface area contributed by atoms with Crippen LogP contribution < -0.4 is 4.90 Å². The van der Waals surface area contributed by atoms with Crippen molar-refractivity contribution in [3.63, 3.8) is 0 Å². The van der Waals surface area contributed by atoms with Crippen molar-refractivity contribution in [2.45, 2.75) is 32.0 Å². The predicted molar refractivity (Wildman–Crippen MR) is 107 cm³/mol. The van der Waals surface area contributed by atoms with Crippen molar-refractivity contribution in [1.82, 2.24) is 0 Å². The Labute approximate surface area is 161 Å². The highest BCUT2D eigenvalue weighted by Crippen LogP contribution is 2.42. The first kappa shape index (κ1) is 19.6. The molecule has 2 aromatic carbocycles. The van der Waals surface area contributed by atoms with Crippen molar-refractivity contribution in [3.05, 3.63) is 65.1 Å². The molecule has 0 spiro atoms. The van der Waals surface area contributed by atoms with Gasteiger partial charge in [0.1, 0.15) is 0 Å². The van der Waals surface area contributed by atoms with Crippen LogP contribution in [0, 0.1) is 0 Å². The first-order valence-electron chi connectivity index (χ1n) is 9.11. The number of benzene rings is 2. The van der Waals surface area contributed by atoms with Crippen LogP contribution in [0.15, 0.2) is 64.4 Å². The number of allylic oxidation sites excluding steroid dienone is 1. The van der Waals surface area contributed by atoms with E-state index >= 15 is 0 Å². The van der Waals surface area contributed by atoms with Gasteiger partial charge in [0.15, 0.2) is 6.29 Å². The fraction of sp³-hybridized carbons (Fsp3) is 0.333. The lowest BCUT2D eigenvalue weighted by molar-refractivity contribution is -0.128. The Hall–Kier alpha value is -2.15. The average Bonchev–Trinajstić information content (AvgIpc) is 2.67. The van der Waals surface area contributed by atoms with Gasteiger partial charge in [-0.25, -0.2) is 8.42 Å². The molecule has 0 N–H and O–H groups in total. The van der Waals surface area contributed by atoms with Gasteiger partial charge in [-0.1, -0.05) is 42.5 Å². The van der Waals surface area contributed by atoms with Gasteiger partial charge in [-0.2, -0.15) is 0 Å². The molecule has 6 heteroatoms. The van der Waals surface area contributed by atoms with E-state index in [4.69, 9.17) is 9.47 Å². The Morgan fingerprint density at radius 1 is 0.926 bits per heavy atom. The van der Waals surface area contributed by atoms with Crippen LogP contribution in [0.1, 0.15) is 26.3 Å². The molecule has 0 fully saturated rings. The number of nitrogens with zero attached hydrogens (tertiary/aromatic N) is 1. The zero-order valence-corrected chi connectivity index (χ0v) is 16.7. The zero-order chi connectivity index (χ0) is 19.4. The molecule has 0 aromatic heterocycles. The Morgan fingerprint density at radius 3 is 2.15 bits per heavy atom.